The summed E-state index contributed by atoms with van der Waals surface area (Å²) in [6.07, 6.45) is 3.83. The number of fused-ring (bicyclic) bond motifs is 1. The molecule has 0 amide bonds. The number of ketones is 1. The summed E-state index contributed by atoms with van der Waals surface area (Å²) in [5.74, 6) is -1.39. The molecule has 5 rings (SSSR count). The molecule has 12 heteroatoms. The minimum Gasteiger partial charge on any atom is -0.383 e. The lowest BCUT2D eigenvalue weighted by atomic mass is 10.0. The fourth-order valence-corrected chi connectivity index (χ4v) is 6.41. The van der Waals surface area contributed by atoms with Gasteiger partial charge in [-0.3, -0.25) is 19.1 Å². The molecule has 0 saturated heterocycles. The maximum atomic E-state index is 14.9. The van der Waals surface area contributed by atoms with Gasteiger partial charge in [-0.25, -0.2) is 18.6 Å². The van der Waals surface area contributed by atoms with E-state index in [1.165, 1.54) is 32.7 Å². The SMILES string of the molecule is CCC(=O)Cc1ccc(-c2sc3c(c2CN(C)CCOC)c(=O)n(-c2nccn2C)c(=O)n3Cc2c(F)cccc2F)cc1. The predicted molar refractivity (Wildman–Crippen MR) is 167 cm³/mol. The maximum Gasteiger partial charge on any atom is 0.339 e. The van der Waals surface area contributed by atoms with Gasteiger partial charge in [-0.15, -0.1) is 11.3 Å². The third kappa shape index (κ3) is 6.05. The summed E-state index contributed by atoms with van der Waals surface area (Å²) in [4.78, 5) is 47.6. The Morgan fingerprint density at radius 2 is 1.77 bits per heavy atom. The molecule has 0 radical (unpaired) electrons. The summed E-state index contributed by atoms with van der Waals surface area (Å²) in [5.41, 5.74) is 0.682. The van der Waals surface area contributed by atoms with Crippen LogP contribution in [0.5, 0.6) is 0 Å². The number of thiophene rings is 1. The summed E-state index contributed by atoms with van der Waals surface area (Å²) in [7, 11) is 5.16. The Labute approximate surface area is 256 Å². The van der Waals surface area contributed by atoms with Gasteiger partial charge in [0.25, 0.3) is 5.56 Å². The van der Waals surface area contributed by atoms with E-state index >= 15 is 0 Å². The van der Waals surface area contributed by atoms with Crippen molar-refractivity contribution in [3.05, 3.63) is 104 Å². The van der Waals surface area contributed by atoms with Gasteiger partial charge >= 0.3 is 5.69 Å². The van der Waals surface area contributed by atoms with Crippen LogP contribution in [-0.4, -0.2) is 56.7 Å². The first-order valence-corrected chi connectivity index (χ1v) is 15.0. The molecule has 5 aromatic rings. The van der Waals surface area contributed by atoms with E-state index in [0.717, 1.165) is 32.7 Å². The molecule has 0 aliphatic heterocycles. The van der Waals surface area contributed by atoms with Crippen LogP contribution in [0.1, 0.15) is 30.0 Å². The monoisotopic (exact) mass is 621 g/mol. The Morgan fingerprint density at radius 1 is 1.07 bits per heavy atom. The lowest BCUT2D eigenvalue weighted by Crippen LogP contribution is -2.40. The number of halogens is 2. The van der Waals surface area contributed by atoms with E-state index in [2.05, 4.69) is 4.98 Å². The second-order valence-electron chi connectivity index (χ2n) is 10.6. The summed E-state index contributed by atoms with van der Waals surface area (Å²) in [6.45, 7) is 2.75. The predicted octanol–water partition coefficient (Wildman–Crippen LogP) is 4.54. The Hall–Kier alpha value is -4.26. The van der Waals surface area contributed by atoms with Crippen molar-refractivity contribution >= 4 is 27.3 Å². The second-order valence-corrected chi connectivity index (χ2v) is 11.6. The first kappa shape index (κ1) is 31.2. The highest BCUT2D eigenvalue weighted by Crippen LogP contribution is 2.38. The fourth-order valence-electron chi connectivity index (χ4n) is 5.11. The van der Waals surface area contributed by atoms with Crippen molar-refractivity contribution in [1.82, 2.24) is 23.6 Å². The molecule has 44 heavy (non-hydrogen) atoms. The first-order chi connectivity index (χ1) is 21.1. The Balaban J connectivity index is 1.81. The molecule has 3 aromatic heterocycles. The van der Waals surface area contributed by atoms with Crippen molar-refractivity contribution in [2.24, 2.45) is 7.05 Å². The molecule has 0 aliphatic carbocycles. The highest BCUT2D eigenvalue weighted by Gasteiger charge is 2.26. The highest BCUT2D eigenvalue weighted by atomic mass is 32.1. The molecule has 2 aromatic carbocycles. The van der Waals surface area contributed by atoms with E-state index in [0.29, 0.717) is 42.9 Å². The fraction of sp³-hybridized carbons (Fsp3) is 0.312. The zero-order valence-corrected chi connectivity index (χ0v) is 25.8. The molecule has 0 atom stereocenters. The van der Waals surface area contributed by atoms with Crippen molar-refractivity contribution in [3.63, 3.8) is 0 Å². The summed E-state index contributed by atoms with van der Waals surface area (Å²) >= 11 is 1.22. The number of imidazole rings is 1. The van der Waals surface area contributed by atoms with Gasteiger partial charge < -0.3 is 9.30 Å². The zero-order chi connectivity index (χ0) is 31.5. The van der Waals surface area contributed by atoms with Gasteiger partial charge in [0.05, 0.1) is 18.5 Å². The van der Waals surface area contributed by atoms with Crippen LogP contribution in [0.15, 0.2) is 64.4 Å². The molecular formula is C32H33F2N5O4S. The van der Waals surface area contributed by atoms with E-state index in [1.54, 1.807) is 20.4 Å². The Kier molecular flexibility index (Phi) is 9.33. The Bertz CT molecular complexity index is 1920. The molecule has 0 unspecified atom stereocenters. The van der Waals surface area contributed by atoms with Gasteiger partial charge in [-0.1, -0.05) is 37.3 Å². The molecule has 0 aliphatic rings. The molecular weight excluding hydrogens is 588 g/mol. The van der Waals surface area contributed by atoms with Crippen molar-refractivity contribution in [3.8, 4) is 16.4 Å². The third-order valence-corrected chi connectivity index (χ3v) is 8.87. The van der Waals surface area contributed by atoms with E-state index in [-0.39, 0.29) is 22.7 Å². The van der Waals surface area contributed by atoms with Crippen molar-refractivity contribution < 1.29 is 18.3 Å². The van der Waals surface area contributed by atoms with Crippen LogP contribution in [0, 0.1) is 11.6 Å². The van der Waals surface area contributed by atoms with Gasteiger partial charge in [0.15, 0.2) is 0 Å². The summed E-state index contributed by atoms with van der Waals surface area (Å²) in [5, 5.41) is 0.263. The smallest absolute Gasteiger partial charge is 0.339 e. The number of carbonyl (C=O) groups excluding carboxylic acids is 1. The first-order valence-electron chi connectivity index (χ1n) is 14.1. The number of rotatable bonds is 12. The number of likely N-dealkylation sites (N-methyl/N-ethyl adjacent to an activating group) is 1. The number of ether oxygens (including phenoxy) is 1. The highest BCUT2D eigenvalue weighted by molar-refractivity contribution is 7.22. The number of hydrogen-bond donors (Lipinski definition) is 0. The largest absolute Gasteiger partial charge is 0.383 e. The van der Waals surface area contributed by atoms with E-state index in [9.17, 15) is 23.2 Å². The molecule has 9 nitrogen and oxygen atoms in total. The number of hydrogen-bond acceptors (Lipinski definition) is 7. The van der Waals surface area contributed by atoms with Crippen LogP contribution in [-0.2, 0) is 36.1 Å². The molecule has 0 N–H and O–H groups in total. The van der Waals surface area contributed by atoms with Crippen LogP contribution in [0.2, 0.25) is 0 Å². The van der Waals surface area contributed by atoms with Gasteiger partial charge in [0, 0.05) is 62.9 Å². The minimum absolute atomic E-state index is 0.0843. The molecule has 0 bridgehead atoms. The van der Waals surface area contributed by atoms with Gasteiger partial charge in [-0.05, 0) is 35.9 Å². The van der Waals surface area contributed by atoms with Crippen LogP contribution >= 0.6 is 11.3 Å². The number of aryl methyl sites for hydroxylation is 1. The van der Waals surface area contributed by atoms with Crippen LogP contribution in [0.3, 0.4) is 0 Å². The zero-order valence-electron chi connectivity index (χ0n) is 25.0. The van der Waals surface area contributed by atoms with E-state index < -0.39 is 29.4 Å². The minimum atomic E-state index is -0.798. The van der Waals surface area contributed by atoms with E-state index in [4.69, 9.17) is 4.74 Å². The third-order valence-electron chi connectivity index (χ3n) is 7.56. The average molecular weight is 622 g/mol. The van der Waals surface area contributed by atoms with Crippen LogP contribution in [0.4, 0.5) is 8.78 Å². The number of Topliss-reactive ketones (excluding diaryl/α,β-unsaturated/α-hetero) is 1. The lowest BCUT2D eigenvalue weighted by molar-refractivity contribution is -0.118. The molecule has 3 heterocycles. The molecule has 0 spiro atoms. The van der Waals surface area contributed by atoms with Gasteiger partial charge in [0.2, 0.25) is 5.95 Å². The maximum absolute atomic E-state index is 14.9. The standard InChI is InChI=1S/C32H33F2N5O4S/c1-5-22(40)17-20-9-11-21(12-10-20)28-24(18-36(2)15-16-43-4)27-29(41)39(31-35-13-14-37(31)3)32(42)38(30(27)44-28)19-23-25(33)7-6-8-26(23)34/h6-14H,5,15-19H2,1-4H3. The quantitative estimate of drug-likeness (QED) is 0.203. The van der Waals surface area contributed by atoms with Crippen LogP contribution < -0.4 is 11.2 Å². The van der Waals surface area contributed by atoms with E-state index in [1.807, 2.05) is 43.1 Å². The summed E-state index contributed by atoms with van der Waals surface area (Å²) in [6, 6.07) is 11.1. The lowest BCUT2D eigenvalue weighted by Gasteiger charge is -2.17. The molecule has 0 fully saturated rings. The topological polar surface area (TPSA) is 91.4 Å². The Morgan fingerprint density at radius 3 is 2.39 bits per heavy atom. The average Bonchev–Trinajstić information content (AvgIpc) is 3.59. The molecule has 230 valence electrons. The van der Waals surface area contributed by atoms with Crippen molar-refractivity contribution in [2.45, 2.75) is 32.9 Å². The second kappa shape index (κ2) is 13.2. The number of benzene rings is 2. The van der Waals surface area contributed by atoms with Crippen LogP contribution in [0.25, 0.3) is 26.6 Å². The van der Waals surface area contributed by atoms with Crippen molar-refractivity contribution in [2.75, 3.05) is 27.3 Å². The number of methoxy groups -OCH3 is 1. The normalized spacial score (nSPS) is 11.6. The van der Waals surface area contributed by atoms with Crippen molar-refractivity contribution in [1.29, 1.82) is 0 Å². The van der Waals surface area contributed by atoms with Gasteiger partial charge in [0.1, 0.15) is 22.2 Å². The summed E-state index contributed by atoms with van der Waals surface area (Å²) < 4.78 is 38.8. The molecule has 0 saturated carbocycles. The number of carbonyl (C=O) groups is 1. The number of aromatic nitrogens is 4. The number of nitrogens with zero attached hydrogens (tertiary/aromatic N) is 5. The van der Waals surface area contributed by atoms with Gasteiger partial charge in [-0.2, -0.15) is 4.57 Å².